The summed E-state index contributed by atoms with van der Waals surface area (Å²) in [5.41, 5.74) is 5.58. The average Bonchev–Trinajstić information content (AvgIpc) is 2.95. The summed E-state index contributed by atoms with van der Waals surface area (Å²) in [6.45, 7) is 3.86. The summed E-state index contributed by atoms with van der Waals surface area (Å²) in [6, 6.07) is -0.711. The van der Waals surface area contributed by atoms with Crippen molar-refractivity contribution in [3.05, 3.63) is 0 Å². The van der Waals surface area contributed by atoms with Crippen molar-refractivity contribution < 1.29 is 19.1 Å². The Morgan fingerprint density at radius 1 is 1.50 bits per heavy atom. The van der Waals surface area contributed by atoms with Gasteiger partial charge in [-0.05, 0) is 12.3 Å². The molecule has 1 heterocycles. The number of nitrogens with two attached hydrogens (primary N) is 1. The fourth-order valence-electron chi connectivity index (χ4n) is 1.34. The van der Waals surface area contributed by atoms with Crippen molar-refractivity contribution in [2.45, 2.75) is 38.5 Å². The van der Waals surface area contributed by atoms with E-state index >= 15 is 0 Å². The van der Waals surface area contributed by atoms with Crippen LogP contribution >= 0.6 is 0 Å². The van der Waals surface area contributed by atoms with Gasteiger partial charge < -0.3 is 15.3 Å². The van der Waals surface area contributed by atoms with Crippen LogP contribution in [-0.2, 0) is 19.1 Å². The van der Waals surface area contributed by atoms with E-state index in [4.69, 9.17) is 10.5 Å². The highest BCUT2D eigenvalue weighted by molar-refractivity contribution is 6.02. The van der Waals surface area contributed by atoms with E-state index in [-0.39, 0.29) is 5.92 Å². The molecule has 1 aliphatic rings. The highest BCUT2D eigenvalue weighted by Crippen LogP contribution is 2.19. The van der Waals surface area contributed by atoms with Crippen LogP contribution in [0.15, 0.2) is 0 Å². The minimum absolute atomic E-state index is 0.274. The first-order valence-electron chi connectivity index (χ1n) is 5.16. The standard InChI is InChI=1S/C10H16N2O4/c1-5(2)3-6(11)9(14)12-10(15)8-7(4-13)16-8/h4-8H,3,11H2,1-2H3,(H,12,14,15)/t6-,7+,8?/m0/s1. The zero-order valence-electron chi connectivity index (χ0n) is 9.30. The molecule has 6 heteroatoms. The van der Waals surface area contributed by atoms with Crippen LogP contribution in [0.3, 0.4) is 0 Å². The van der Waals surface area contributed by atoms with Crippen molar-refractivity contribution in [1.29, 1.82) is 0 Å². The summed E-state index contributed by atoms with van der Waals surface area (Å²) in [5, 5.41) is 2.12. The first-order chi connectivity index (χ1) is 7.45. The molecule has 0 aromatic carbocycles. The van der Waals surface area contributed by atoms with E-state index in [2.05, 4.69) is 5.32 Å². The fraction of sp³-hybridized carbons (Fsp3) is 0.700. The number of hydrogen-bond acceptors (Lipinski definition) is 5. The van der Waals surface area contributed by atoms with Crippen molar-refractivity contribution in [3.8, 4) is 0 Å². The monoisotopic (exact) mass is 228 g/mol. The lowest BCUT2D eigenvalue weighted by molar-refractivity contribution is -0.132. The maximum absolute atomic E-state index is 11.4. The Bertz CT molecular complexity index is 303. The molecular weight excluding hydrogens is 212 g/mol. The number of amides is 2. The van der Waals surface area contributed by atoms with Crippen molar-refractivity contribution in [2.24, 2.45) is 11.7 Å². The van der Waals surface area contributed by atoms with Gasteiger partial charge in [0.1, 0.15) is 6.10 Å². The molecule has 3 N–H and O–H groups in total. The van der Waals surface area contributed by atoms with Crippen LogP contribution in [0, 0.1) is 5.92 Å². The third-order valence-electron chi connectivity index (χ3n) is 2.23. The Balaban J connectivity index is 2.34. The van der Waals surface area contributed by atoms with Gasteiger partial charge in [-0.25, -0.2) is 0 Å². The number of ether oxygens (including phenoxy) is 1. The van der Waals surface area contributed by atoms with E-state index in [1.54, 1.807) is 0 Å². The summed E-state index contributed by atoms with van der Waals surface area (Å²) < 4.78 is 4.72. The molecule has 0 spiro atoms. The zero-order chi connectivity index (χ0) is 12.3. The number of hydrogen-bond donors (Lipinski definition) is 2. The smallest absolute Gasteiger partial charge is 0.258 e. The molecule has 0 aromatic rings. The predicted octanol–water partition coefficient (Wildman–Crippen LogP) is -1.03. The Hall–Kier alpha value is -1.27. The summed E-state index contributed by atoms with van der Waals surface area (Å²) in [4.78, 5) is 33.0. The van der Waals surface area contributed by atoms with Crippen LogP contribution in [0.1, 0.15) is 20.3 Å². The van der Waals surface area contributed by atoms with Crippen molar-refractivity contribution in [2.75, 3.05) is 0 Å². The second-order valence-electron chi connectivity index (χ2n) is 4.25. The van der Waals surface area contributed by atoms with Crippen LogP contribution < -0.4 is 11.1 Å². The molecule has 1 aliphatic heterocycles. The number of epoxide rings is 1. The van der Waals surface area contributed by atoms with Gasteiger partial charge in [0.2, 0.25) is 5.91 Å². The highest BCUT2D eigenvalue weighted by Gasteiger charge is 2.45. The minimum Gasteiger partial charge on any atom is -0.351 e. The number of carbonyl (C=O) groups excluding carboxylic acids is 3. The molecule has 1 rings (SSSR count). The first kappa shape index (κ1) is 12.8. The molecule has 1 unspecified atom stereocenters. The maximum atomic E-state index is 11.4. The Morgan fingerprint density at radius 3 is 2.56 bits per heavy atom. The van der Waals surface area contributed by atoms with Gasteiger partial charge in [0.25, 0.3) is 5.91 Å². The number of imide groups is 1. The van der Waals surface area contributed by atoms with Gasteiger partial charge in [-0.3, -0.25) is 14.9 Å². The Kier molecular flexibility index (Phi) is 4.14. The number of carbonyl (C=O) groups is 3. The lowest BCUT2D eigenvalue weighted by Crippen LogP contribution is -2.45. The molecule has 0 aliphatic carbocycles. The van der Waals surface area contributed by atoms with Gasteiger partial charge in [-0.15, -0.1) is 0 Å². The molecule has 0 bridgehead atoms. The third kappa shape index (κ3) is 3.39. The molecule has 0 aromatic heterocycles. The molecule has 1 saturated heterocycles. The first-order valence-corrected chi connectivity index (χ1v) is 5.16. The van der Waals surface area contributed by atoms with Gasteiger partial charge in [-0.2, -0.15) is 0 Å². The third-order valence-corrected chi connectivity index (χ3v) is 2.23. The maximum Gasteiger partial charge on any atom is 0.258 e. The Labute approximate surface area is 93.5 Å². The summed E-state index contributed by atoms with van der Waals surface area (Å²) in [6.07, 6.45) is -0.508. The molecule has 90 valence electrons. The predicted molar refractivity (Wildman–Crippen MR) is 55.3 cm³/mol. The van der Waals surface area contributed by atoms with E-state index in [0.717, 1.165) is 0 Å². The van der Waals surface area contributed by atoms with E-state index in [1.165, 1.54) is 0 Å². The van der Waals surface area contributed by atoms with Crippen LogP contribution in [-0.4, -0.2) is 36.4 Å². The number of nitrogens with one attached hydrogen (secondary N) is 1. The van der Waals surface area contributed by atoms with Crippen molar-refractivity contribution in [3.63, 3.8) is 0 Å². The molecule has 6 nitrogen and oxygen atoms in total. The average molecular weight is 228 g/mol. The second-order valence-corrected chi connectivity index (χ2v) is 4.25. The normalized spacial score (nSPS) is 25.0. The zero-order valence-corrected chi connectivity index (χ0v) is 9.30. The topological polar surface area (TPSA) is 102 Å². The summed E-state index contributed by atoms with van der Waals surface area (Å²) >= 11 is 0. The van der Waals surface area contributed by atoms with Crippen molar-refractivity contribution in [1.82, 2.24) is 5.32 Å². The molecule has 2 amide bonds. The van der Waals surface area contributed by atoms with Gasteiger partial charge in [-0.1, -0.05) is 13.8 Å². The number of aldehydes is 1. The second kappa shape index (κ2) is 5.18. The van der Waals surface area contributed by atoms with Crippen LogP contribution in [0.25, 0.3) is 0 Å². The summed E-state index contributed by atoms with van der Waals surface area (Å²) in [7, 11) is 0. The molecule has 3 atom stereocenters. The van der Waals surface area contributed by atoms with Crippen LogP contribution in [0.4, 0.5) is 0 Å². The summed E-state index contributed by atoms with van der Waals surface area (Å²) in [5.74, 6) is -0.851. The van der Waals surface area contributed by atoms with E-state index in [1.807, 2.05) is 13.8 Å². The van der Waals surface area contributed by atoms with Gasteiger partial charge in [0.05, 0.1) is 6.04 Å². The molecule has 16 heavy (non-hydrogen) atoms. The van der Waals surface area contributed by atoms with Gasteiger partial charge >= 0.3 is 0 Å². The quantitative estimate of drug-likeness (QED) is 0.462. The van der Waals surface area contributed by atoms with Crippen molar-refractivity contribution >= 4 is 18.1 Å². The van der Waals surface area contributed by atoms with E-state index in [9.17, 15) is 14.4 Å². The molecule has 1 fully saturated rings. The molecular formula is C10H16N2O4. The fourth-order valence-corrected chi connectivity index (χ4v) is 1.34. The van der Waals surface area contributed by atoms with Crippen LogP contribution in [0.2, 0.25) is 0 Å². The molecule has 0 radical (unpaired) electrons. The number of rotatable bonds is 5. The largest absolute Gasteiger partial charge is 0.351 e. The van der Waals surface area contributed by atoms with E-state index < -0.39 is 30.1 Å². The lowest BCUT2D eigenvalue weighted by Gasteiger charge is -2.12. The van der Waals surface area contributed by atoms with Crippen LogP contribution in [0.5, 0.6) is 0 Å². The van der Waals surface area contributed by atoms with Gasteiger partial charge in [0.15, 0.2) is 12.4 Å². The SMILES string of the molecule is CC(C)C[C@H](N)C(=O)NC(=O)C1O[C@@H]1C=O. The lowest BCUT2D eigenvalue weighted by atomic mass is 10.0. The molecule has 0 saturated carbocycles. The van der Waals surface area contributed by atoms with E-state index in [0.29, 0.717) is 12.7 Å². The van der Waals surface area contributed by atoms with Gasteiger partial charge in [0, 0.05) is 0 Å². The minimum atomic E-state index is -0.826. The highest BCUT2D eigenvalue weighted by atomic mass is 16.6. The Morgan fingerprint density at radius 2 is 2.12 bits per heavy atom.